The minimum Gasteiger partial charge on any atom is -0.320 e. The Balaban J connectivity index is 1.30. The molecule has 0 spiro atoms. The van der Waals surface area contributed by atoms with E-state index in [0.717, 1.165) is 0 Å². The average molecular weight is 701 g/mol. The number of hydrogen-bond acceptors (Lipinski definition) is 0. The molecule has 2 aromatic heterocycles. The first kappa shape index (κ1) is 34.9. The van der Waals surface area contributed by atoms with Crippen molar-refractivity contribution >= 4 is 0 Å². The molecule has 0 N–H and O–H groups in total. The highest BCUT2D eigenvalue weighted by molar-refractivity contribution is 5.91. The van der Waals surface area contributed by atoms with Crippen LogP contribution in [0.2, 0.25) is 0 Å². The first-order valence-electron chi connectivity index (χ1n) is 19.0. The molecule has 2 heteroatoms. The summed E-state index contributed by atoms with van der Waals surface area (Å²) in [6, 6.07) is 49.7. The Morgan fingerprint density at radius 2 is 0.574 bits per heavy atom. The van der Waals surface area contributed by atoms with Crippen molar-refractivity contribution in [3.8, 4) is 67.0 Å². The van der Waals surface area contributed by atoms with Crippen LogP contribution in [0.15, 0.2) is 146 Å². The van der Waals surface area contributed by atoms with Gasteiger partial charge in [-0.15, -0.1) is 0 Å². The van der Waals surface area contributed by atoms with Gasteiger partial charge in [-0.25, -0.2) is 0 Å². The van der Waals surface area contributed by atoms with Gasteiger partial charge in [0, 0.05) is 57.4 Å². The van der Waals surface area contributed by atoms with Crippen LogP contribution in [0.5, 0.6) is 0 Å². The van der Waals surface area contributed by atoms with E-state index in [9.17, 15) is 0 Å². The Morgan fingerprint density at radius 1 is 0.278 bits per heavy atom. The zero-order chi connectivity index (χ0) is 37.7. The van der Waals surface area contributed by atoms with Crippen molar-refractivity contribution < 1.29 is 0 Å². The number of hydrogen-bond donors (Lipinski definition) is 0. The Hall–Kier alpha value is -6.12. The van der Waals surface area contributed by atoms with Crippen LogP contribution in [0.4, 0.5) is 0 Å². The van der Waals surface area contributed by atoms with Gasteiger partial charge in [-0.3, -0.25) is 0 Å². The van der Waals surface area contributed by atoms with E-state index < -0.39 is 0 Å². The molecule has 0 saturated heterocycles. The fourth-order valence-electron chi connectivity index (χ4n) is 7.98. The minimum atomic E-state index is 1.17. The molecule has 0 aliphatic carbocycles. The summed E-state index contributed by atoms with van der Waals surface area (Å²) < 4.78 is 4.70. The third kappa shape index (κ3) is 6.65. The van der Waals surface area contributed by atoms with E-state index >= 15 is 0 Å². The maximum atomic E-state index is 2.40. The Morgan fingerprint density at radius 3 is 0.907 bits per heavy atom. The molecule has 2 nitrogen and oxygen atoms in total. The van der Waals surface area contributed by atoms with Gasteiger partial charge in [0.05, 0.1) is 0 Å². The fourth-order valence-corrected chi connectivity index (χ4v) is 7.98. The van der Waals surface area contributed by atoms with Crippen LogP contribution >= 0.6 is 0 Å². The number of benzene rings is 6. The number of aromatic nitrogens is 2. The Labute approximate surface area is 321 Å². The molecule has 8 rings (SSSR count). The molecule has 0 atom stereocenters. The zero-order valence-electron chi connectivity index (χ0n) is 32.8. The maximum Gasteiger partial charge on any atom is 0.0452 e. The maximum absolute atomic E-state index is 2.40. The van der Waals surface area contributed by atoms with Crippen LogP contribution < -0.4 is 0 Å². The highest BCUT2D eigenvalue weighted by Crippen LogP contribution is 2.43. The van der Waals surface area contributed by atoms with Crippen molar-refractivity contribution in [3.63, 3.8) is 0 Å². The van der Waals surface area contributed by atoms with Crippen molar-refractivity contribution in [2.45, 2.75) is 55.4 Å². The van der Waals surface area contributed by atoms with Gasteiger partial charge in [0.15, 0.2) is 0 Å². The molecule has 54 heavy (non-hydrogen) atoms. The second-order valence-corrected chi connectivity index (χ2v) is 15.3. The molecule has 0 saturated carbocycles. The second-order valence-electron chi connectivity index (χ2n) is 15.3. The first-order chi connectivity index (χ1) is 26.0. The van der Waals surface area contributed by atoms with Crippen LogP contribution in [0.3, 0.4) is 0 Å². The largest absolute Gasteiger partial charge is 0.320 e. The minimum absolute atomic E-state index is 1.17. The third-order valence-electron chi connectivity index (χ3n) is 10.9. The molecule has 0 aliphatic heterocycles. The summed E-state index contributed by atoms with van der Waals surface area (Å²) in [7, 11) is 0. The predicted octanol–water partition coefficient (Wildman–Crippen LogP) is 14.1. The topological polar surface area (TPSA) is 9.86 Å². The van der Waals surface area contributed by atoms with E-state index in [1.807, 2.05) is 0 Å². The molecule has 0 aliphatic rings. The lowest BCUT2D eigenvalue weighted by Crippen LogP contribution is -1.96. The van der Waals surface area contributed by atoms with Gasteiger partial charge in [-0.1, -0.05) is 119 Å². The van der Waals surface area contributed by atoms with E-state index in [1.54, 1.807) is 0 Å². The van der Waals surface area contributed by atoms with Crippen LogP contribution in [-0.2, 0) is 0 Å². The number of aryl methyl sites for hydroxylation is 6. The van der Waals surface area contributed by atoms with E-state index in [1.165, 1.54) is 112 Å². The van der Waals surface area contributed by atoms with Crippen molar-refractivity contribution in [3.05, 3.63) is 191 Å². The molecule has 266 valence electrons. The van der Waals surface area contributed by atoms with Gasteiger partial charge in [0.1, 0.15) is 0 Å². The smallest absolute Gasteiger partial charge is 0.0452 e. The van der Waals surface area contributed by atoms with Crippen molar-refractivity contribution in [1.29, 1.82) is 0 Å². The predicted molar refractivity (Wildman–Crippen MR) is 230 cm³/mol. The van der Waals surface area contributed by atoms with Crippen LogP contribution in [0.25, 0.3) is 67.0 Å². The lowest BCUT2D eigenvalue weighted by molar-refractivity contribution is 1.02. The quantitative estimate of drug-likeness (QED) is 0.157. The SMILES string of the molecule is Cc1ccc(-c2cn(-c3ccc(C)cc3)c(C)c2-c2cc(C)cc(-c3cc(C)cc(-c4c(-c5ccc(C)cc5)cn(-c5ccc(C)cc5)c4C)c3)c2)cc1. The summed E-state index contributed by atoms with van der Waals surface area (Å²) in [6.45, 7) is 17.6. The number of rotatable bonds is 7. The monoisotopic (exact) mass is 700 g/mol. The molecule has 8 aromatic rings. The molecule has 6 aromatic carbocycles. The summed E-state index contributed by atoms with van der Waals surface area (Å²) in [5.74, 6) is 0. The summed E-state index contributed by atoms with van der Waals surface area (Å²) in [4.78, 5) is 0. The normalized spacial score (nSPS) is 11.3. The summed E-state index contributed by atoms with van der Waals surface area (Å²) in [6.07, 6.45) is 4.64. The third-order valence-corrected chi connectivity index (χ3v) is 10.9. The fraction of sp³-hybridized carbons (Fsp3) is 0.154. The van der Waals surface area contributed by atoms with Crippen molar-refractivity contribution in [1.82, 2.24) is 9.13 Å². The Bertz CT molecular complexity index is 2440. The lowest BCUT2D eigenvalue weighted by Gasteiger charge is -2.15. The van der Waals surface area contributed by atoms with E-state index in [0.29, 0.717) is 0 Å². The van der Waals surface area contributed by atoms with E-state index in [-0.39, 0.29) is 0 Å². The molecule has 0 bridgehead atoms. The van der Waals surface area contributed by atoms with E-state index in [2.05, 4.69) is 210 Å². The highest BCUT2D eigenvalue weighted by atomic mass is 15.0. The zero-order valence-corrected chi connectivity index (χ0v) is 32.8. The van der Waals surface area contributed by atoms with Crippen LogP contribution in [0, 0.1) is 55.4 Å². The summed E-state index contributed by atoms with van der Waals surface area (Å²) in [5, 5.41) is 0. The molecule has 0 unspecified atom stereocenters. The van der Waals surface area contributed by atoms with Crippen molar-refractivity contribution in [2.24, 2.45) is 0 Å². The van der Waals surface area contributed by atoms with Gasteiger partial charge in [0.2, 0.25) is 0 Å². The van der Waals surface area contributed by atoms with Crippen molar-refractivity contribution in [2.75, 3.05) is 0 Å². The lowest BCUT2D eigenvalue weighted by atomic mass is 9.90. The second kappa shape index (κ2) is 14.0. The van der Waals surface area contributed by atoms with Gasteiger partial charge < -0.3 is 9.13 Å². The molecule has 0 amide bonds. The van der Waals surface area contributed by atoms with Gasteiger partial charge in [0.25, 0.3) is 0 Å². The molecule has 2 heterocycles. The molecule has 0 fully saturated rings. The van der Waals surface area contributed by atoms with Gasteiger partial charge in [-0.05, 0) is 136 Å². The van der Waals surface area contributed by atoms with E-state index in [4.69, 9.17) is 0 Å². The van der Waals surface area contributed by atoms with Crippen LogP contribution in [-0.4, -0.2) is 9.13 Å². The van der Waals surface area contributed by atoms with Crippen LogP contribution in [0.1, 0.15) is 44.8 Å². The van der Waals surface area contributed by atoms with Gasteiger partial charge >= 0.3 is 0 Å². The summed E-state index contributed by atoms with van der Waals surface area (Å²) in [5.41, 5.74) is 24.7. The first-order valence-corrected chi connectivity index (χ1v) is 19.0. The average Bonchev–Trinajstić information content (AvgIpc) is 3.69. The molecular weight excluding hydrogens is 653 g/mol. The number of nitrogens with zero attached hydrogens (tertiary/aromatic N) is 2. The standard InChI is InChI=1S/C52H48N2/c1-33-9-17-41(18-10-33)49-31-53(47-21-13-35(3)14-22-47)39(7)51(49)45-27-37(5)25-43(29-45)44-26-38(6)28-46(30-44)52-40(8)54(48-23-15-36(4)16-24-48)32-50(52)42-19-11-34(2)12-20-42/h9-32H,1-8H3. The highest BCUT2D eigenvalue weighted by Gasteiger charge is 2.21. The molecular formula is C52H48N2. The Kier molecular flexibility index (Phi) is 9.07. The molecule has 0 radical (unpaired) electrons. The summed E-state index contributed by atoms with van der Waals surface area (Å²) >= 11 is 0. The van der Waals surface area contributed by atoms with Gasteiger partial charge in [-0.2, -0.15) is 0 Å².